The lowest BCUT2D eigenvalue weighted by molar-refractivity contribution is -0.127. The highest BCUT2D eigenvalue weighted by molar-refractivity contribution is 5.90. The number of amides is 2. The van der Waals surface area contributed by atoms with Crippen molar-refractivity contribution in [3.05, 3.63) is 23.8 Å². The van der Waals surface area contributed by atoms with E-state index >= 15 is 0 Å². The zero-order chi connectivity index (χ0) is 15.0. The lowest BCUT2D eigenvalue weighted by Gasteiger charge is -2.06. The van der Waals surface area contributed by atoms with Gasteiger partial charge in [0.25, 0.3) is 5.91 Å². The highest BCUT2D eigenvalue weighted by Crippen LogP contribution is 1.96. The average Bonchev–Trinajstić information content (AvgIpc) is 2.43. The fourth-order valence-corrected chi connectivity index (χ4v) is 1.19. The maximum absolute atomic E-state index is 11.5. The predicted octanol–water partition coefficient (Wildman–Crippen LogP) is -0.806. The number of rotatable bonds is 6. The van der Waals surface area contributed by atoms with Gasteiger partial charge in [0.1, 0.15) is 0 Å². The van der Waals surface area contributed by atoms with E-state index in [2.05, 4.69) is 20.6 Å². The molecular weight excluding hydrogens is 264 g/mol. The van der Waals surface area contributed by atoms with E-state index in [1.54, 1.807) is 13.8 Å². The first-order valence-corrected chi connectivity index (χ1v) is 6.02. The lowest BCUT2D eigenvalue weighted by Crippen LogP contribution is -2.38. The average molecular weight is 280 g/mol. The third kappa shape index (κ3) is 5.42. The molecule has 8 heteroatoms. The number of hydrogen-bond acceptors (Lipinski definition) is 6. The van der Waals surface area contributed by atoms with Crippen LogP contribution in [0.3, 0.4) is 0 Å². The highest BCUT2D eigenvalue weighted by Gasteiger charge is 2.12. The summed E-state index contributed by atoms with van der Waals surface area (Å²) in [6.07, 6.45) is 2.69. The van der Waals surface area contributed by atoms with Crippen molar-refractivity contribution in [2.45, 2.75) is 13.8 Å². The van der Waals surface area contributed by atoms with Crippen molar-refractivity contribution in [3.8, 4) is 0 Å². The van der Waals surface area contributed by atoms with Crippen LogP contribution in [0.4, 0.5) is 0 Å². The molecule has 8 nitrogen and oxygen atoms in total. The molecule has 1 rings (SSSR count). The minimum Gasteiger partial charge on any atom is -0.451 e. The predicted molar refractivity (Wildman–Crippen MR) is 68.7 cm³/mol. The zero-order valence-electron chi connectivity index (χ0n) is 11.3. The van der Waals surface area contributed by atoms with E-state index in [1.165, 1.54) is 12.4 Å². The van der Waals surface area contributed by atoms with Gasteiger partial charge in [-0.25, -0.2) is 9.78 Å². The summed E-state index contributed by atoms with van der Waals surface area (Å²) in [7, 11) is 0. The van der Waals surface area contributed by atoms with Gasteiger partial charge in [0.2, 0.25) is 5.91 Å². The first kappa shape index (κ1) is 15.5. The van der Waals surface area contributed by atoms with Gasteiger partial charge in [-0.1, -0.05) is 0 Å². The van der Waals surface area contributed by atoms with Crippen LogP contribution >= 0.6 is 0 Å². The minimum atomic E-state index is -0.745. The van der Waals surface area contributed by atoms with Crippen molar-refractivity contribution in [1.82, 2.24) is 20.6 Å². The van der Waals surface area contributed by atoms with Crippen LogP contribution in [0, 0.1) is 6.92 Å². The Labute approximate surface area is 115 Å². The Hall–Kier alpha value is -2.51. The number of nitrogens with zero attached hydrogens (tertiary/aromatic N) is 2. The largest absolute Gasteiger partial charge is 0.451 e. The second-order valence-corrected chi connectivity index (χ2v) is 3.85. The Kier molecular flexibility index (Phi) is 6.08. The molecule has 2 N–H and O–H groups in total. The zero-order valence-corrected chi connectivity index (χ0v) is 11.3. The number of esters is 1. The molecule has 0 saturated heterocycles. The molecule has 2 amide bonds. The molecule has 1 aromatic rings. The van der Waals surface area contributed by atoms with Crippen LogP contribution in [-0.2, 0) is 14.3 Å². The van der Waals surface area contributed by atoms with Crippen LogP contribution in [-0.4, -0.2) is 47.4 Å². The Bertz CT molecular complexity index is 487. The maximum Gasteiger partial charge on any atom is 0.359 e. The van der Waals surface area contributed by atoms with Crippen LogP contribution in [0.15, 0.2) is 12.4 Å². The number of carbonyl (C=O) groups excluding carboxylic acids is 3. The molecule has 0 aliphatic carbocycles. The molecule has 0 spiro atoms. The van der Waals surface area contributed by atoms with Crippen molar-refractivity contribution in [2.24, 2.45) is 0 Å². The van der Waals surface area contributed by atoms with Gasteiger partial charge in [-0.15, -0.1) is 0 Å². The molecule has 20 heavy (non-hydrogen) atoms. The molecule has 0 unspecified atom stereocenters. The molecule has 1 aromatic heterocycles. The van der Waals surface area contributed by atoms with Gasteiger partial charge >= 0.3 is 5.97 Å². The molecule has 0 aliphatic heterocycles. The molecule has 0 radical (unpaired) electrons. The van der Waals surface area contributed by atoms with Crippen molar-refractivity contribution in [1.29, 1.82) is 0 Å². The summed E-state index contributed by atoms with van der Waals surface area (Å²) in [5.74, 6) is -1.62. The van der Waals surface area contributed by atoms with E-state index in [9.17, 15) is 14.4 Å². The Morgan fingerprint density at radius 3 is 2.50 bits per heavy atom. The van der Waals surface area contributed by atoms with Gasteiger partial charge in [-0.05, 0) is 13.8 Å². The monoisotopic (exact) mass is 280 g/mol. The van der Waals surface area contributed by atoms with Crippen LogP contribution < -0.4 is 10.6 Å². The SMILES string of the molecule is CCNC(=O)CNC(=O)COC(=O)c1cnc(C)cn1. The quantitative estimate of drug-likeness (QED) is 0.660. The summed E-state index contributed by atoms with van der Waals surface area (Å²) in [6, 6.07) is 0. The topological polar surface area (TPSA) is 110 Å². The number of hydrogen-bond donors (Lipinski definition) is 2. The lowest BCUT2D eigenvalue weighted by atomic mass is 10.4. The van der Waals surface area contributed by atoms with E-state index in [4.69, 9.17) is 4.74 Å². The number of likely N-dealkylation sites (N-methyl/N-ethyl adjacent to an activating group) is 1. The van der Waals surface area contributed by atoms with Crippen LogP contribution in [0.25, 0.3) is 0 Å². The number of nitrogens with one attached hydrogen (secondary N) is 2. The summed E-state index contributed by atoms with van der Waals surface area (Å²) in [4.78, 5) is 41.7. The second-order valence-electron chi connectivity index (χ2n) is 3.85. The van der Waals surface area contributed by atoms with E-state index in [0.717, 1.165) is 0 Å². The van der Waals surface area contributed by atoms with Crippen molar-refractivity contribution < 1.29 is 19.1 Å². The van der Waals surface area contributed by atoms with Crippen molar-refractivity contribution in [2.75, 3.05) is 19.7 Å². The number of ether oxygens (including phenoxy) is 1. The Morgan fingerprint density at radius 1 is 1.15 bits per heavy atom. The normalized spacial score (nSPS) is 9.70. The molecule has 0 aliphatic rings. The smallest absolute Gasteiger partial charge is 0.359 e. The fraction of sp³-hybridized carbons (Fsp3) is 0.417. The van der Waals surface area contributed by atoms with Gasteiger partial charge in [0, 0.05) is 12.7 Å². The summed E-state index contributed by atoms with van der Waals surface area (Å²) >= 11 is 0. The first-order chi connectivity index (χ1) is 9.52. The second kappa shape index (κ2) is 7.82. The van der Waals surface area contributed by atoms with Gasteiger partial charge in [0.15, 0.2) is 12.3 Å². The molecule has 108 valence electrons. The molecule has 0 aromatic carbocycles. The molecule has 0 atom stereocenters. The van der Waals surface area contributed by atoms with Gasteiger partial charge in [-0.2, -0.15) is 0 Å². The summed E-state index contributed by atoms with van der Waals surface area (Å²) in [6.45, 7) is 3.35. The van der Waals surface area contributed by atoms with Crippen LogP contribution in [0.1, 0.15) is 23.1 Å². The first-order valence-electron chi connectivity index (χ1n) is 6.02. The summed E-state index contributed by atoms with van der Waals surface area (Å²) in [5.41, 5.74) is 0.688. The van der Waals surface area contributed by atoms with Crippen LogP contribution in [0.5, 0.6) is 0 Å². The van der Waals surface area contributed by atoms with Gasteiger partial charge < -0.3 is 15.4 Å². The molecule has 0 bridgehead atoms. The third-order valence-corrected chi connectivity index (χ3v) is 2.14. The summed E-state index contributed by atoms with van der Waals surface area (Å²) < 4.78 is 4.74. The highest BCUT2D eigenvalue weighted by atomic mass is 16.5. The number of carbonyl (C=O) groups is 3. The van der Waals surface area contributed by atoms with Crippen molar-refractivity contribution >= 4 is 17.8 Å². The van der Waals surface area contributed by atoms with Crippen molar-refractivity contribution in [3.63, 3.8) is 0 Å². The van der Waals surface area contributed by atoms with E-state index < -0.39 is 18.5 Å². The van der Waals surface area contributed by atoms with E-state index in [0.29, 0.717) is 12.2 Å². The molecule has 1 heterocycles. The standard InChI is InChI=1S/C12H16N4O4/c1-3-13-10(17)6-16-11(18)7-20-12(19)9-5-14-8(2)4-15-9/h4-5H,3,6-7H2,1-2H3,(H,13,17)(H,16,18). The fourth-order valence-electron chi connectivity index (χ4n) is 1.19. The minimum absolute atomic E-state index is 0.0205. The maximum atomic E-state index is 11.5. The van der Waals surface area contributed by atoms with E-state index in [-0.39, 0.29) is 18.1 Å². The Balaban J connectivity index is 2.32. The molecule has 0 fully saturated rings. The van der Waals surface area contributed by atoms with Gasteiger partial charge in [0.05, 0.1) is 18.4 Å². The van der Waals surface area contributed by atoms with Gasteiger partial charge in [-0.3, -0.25) is 14.6 Å². The van der Waals surface area contributed by atoms with E-state index in [1.807, 2.05) is 0 Å². The molecular formula is C12H16N4O4. The van der Waals surface area contributed by atoms with Crippen LogP contribution in [0.2, 0.25) is 0 Å². The summed E-state index contributed by atoms with van der Waals surface area (Å²) in [5, 5.41) is 4.84. The third-order valence-electron chi connectivity index (χ3n) is 2.14. The molecule has 0 saturated carbocycles. The number of aromatic nitrogens is 2. The Morgan fingerprint density at radius 2 is 1.90 bits per heavy atom. The number of aryl methyl sites for hydroxylation is 1.